The highest BCUT2D eigenvalue weighted by Gasteiger charge is 2.09. The maximum atomic E-state index is 11.2. The topological polar surface area (TPSA) is 59.4 Å². The second-order valence-electron chi connectivity index (χ2n) is 3.94. The standard InChI is InChI=1S/C15H12ClNO3/c1-2-20-13(18)7-3-5-10-9-12(16)11-6-4-8-17-14(11)15(10)19/h4,6,8-9,19H,2,7H2,1H3. The van der Waals surface area contributed by atoms with Gasteiger partial charge in [-0.3, -0.25) is 9.78 Å². The van der Waals surface area contributed by atoms with E-state index < -0.39 is 5.97 Å². The zero-order chi connectivity index (χ0) is 14.5. The smallest absolute Gasteiger partial charge is 0.317 e. The van der Waals surface area contributed by atoms with E-state index in [0.29, 0.717) is 28.1 Å². The molecule has 1 heterocycles. The van der Waals surface area contributed by atoms with Gasteiger partial charge in [0.15, 0.2) is 5.75 Å². The van der Waals surface area contributed by atoms with E-state index in [4.69, 9.17) is 16.3 Å². The number of hydrogen-bond acceptors (Lipinski definition) is 4. The molecule has 0 atom stereocenters. The number of aromatic nitrogens is 1. The molecule has 4 nitrogen and oxygen atoms in total. The highest BCUT2D eigenvalue weighted by Crippen LogP contribution is 2.32. The van der Waals surface area contributed by atoms with Crippen molar-refractivity contribution in [1.82, 2.24) is 4.98 Å². The number of carbonyl (C=O) groups excluding carboxylic acids is 1. The average molecular weight is 290 g/mol. The van der Waals surface area contributed by atoms with Crippen LogP contribution in [-0.4, -0.2) is 22.7 Å². The molecule has 0 aliphatic heterocycles. The van der Waals surface area contributed by atoms with Gasteiger partial charge in [-0.1, -0.05) is 23.4 Å². The first-order valence-corrected chi connectivity index (χ1v) is 6.42. The van der Waals surface area contributed by atoms with Crippen LogP contribution in [0, 0.1) is 11.8 Å². The van der Waals surface area contributed by atoms with Gasteiger partial charge in [-0.05, 0) is 25.1 Å². The Labute approximate surface area is 121 Å². The molecule has 5 heteroatoms. The summed E-state index contributed by atoms with van der Waals surface area (Å²) in [5.41, 5.74) is 0.728. The highest BCUT2D eigenvalue weighted by atomic mass is 35.5. The molecule has 0 unspecified atom stereocenters. The van der Waals surface area contributed by atoms with Gasteiger partial charge < -0.3 is 9.84 Å². The summed E-state index contributed by atoms with van der Waals surface area (Å²) < 4.78 is 4.76. The molecule has 0 bridgehead atoms. The molecule has 1 aromatic heterocycles. The van der Waals surface area contributed by atoms with Gasteiger partial charge in [0, 0.05) is 11.6 Å². The van der Waals surface area contributed by atoms with E-state index in [1.807, 2.05) is 0 Å². The van der Waals surface area contributed by atoms with Crippen molar-refractivity contribution >= 4 is 28.5 Å². The second kappa shape index (κ2) is 6.27. The van der Waals surface area contributed by atoms with Crippen molar-refractivity contribution in [1.29, 1.82) is 0 Å². The van der Waals surface area contributed by atoms with Crippen LogP contribution in [0.2, 0.25) is 5.02 Å². The quantitative estimate of drug-likeness (QED) is 0.682. The number of fused-ring (bicyclic) bond motifs is 1. The molecule has 0 spiro atoms. The molecule has 0 aliphatic carbocycles. The van der Waals surface area contributed by atoms with Crippen molar-refractivity contribution in [2.45, 2.75) is 13.3 Å². The fourth-order valence-electron chi connectivity index (χ4n) is 1.71. The fraction of sp³-hybridized carbons (Fsp3) is 0.200. The zero-order valence-corrected chi connectivity index (χ0v) is 11.6. The zero-order valence-electron chi connectivity index (χ0n) is 10.8. The molecule has 1 N–H and O–H groups in total. The first kappa shape index (κ1) is 14.2. The van der Waals surface area contributed by atoms with Crippen molar-refractivity contribution in [3.8, 4) is 17.6 Å². The van der Waals surface area contributed by atoms with Gasteiger partial charge in [0.1, 0.15) is 11.9 Å². The number of ether oxygens (including phenoxy) is 1. The summed E-state index contributed by atoms with van der Waals surface area (Å²) in [7, 11) is 0. The number of benzene rings is 1. The number of nitrogens with zero attached hydrogens (tertiary/aromatic N) is 1. The Morgan fingerprint density at radius 3 is 3.10 bits per heavy atom. The summed E-state index contributed by atoms with van der Waals surface area (Å²) in [5.74, 6) is 4.92. The Morgan fingerprint density at radius 1 is 1.55 bits per heavy atom. The number of halogens is 1. The SMILES string of the molecule is CCOC(=O)CC#Cc1cc(Cl)c2cccnc2c1O. The highest BCUT2D eigenvalue weighted by molar-refractivity contribution is 6.35. The van der Waals surface area contributed by atoms with Gasteiger partial charge in [0.25, 0.3) is 0 Å². The third-order valence-corrected chi connectivity index (χ3v) is 2.89. The summed E-state index contributed by atoms with van der Waals surface area (Å²) in [6, 6.07) is 5.05. The number of carbonyl (C=O) groups is 1. The minimum Gasteiger partial charge on any atom is -0.504 e. The first-order valence-electron chi connectivity index (χ1n) is 6.04. The predicted octanol–water partition coefficient (Wildman–Crippen LogP) is 2.90. The lowest BCUT2D eigenvalue weighted by Gasteiger charge is -2.04. The summed E-state index contributed by atoms with van der Waals surface area (Å²) >= 11 is 6.11. The molecule has 0 radical (unpaired) electrons. The number of phenols is 1. The summed E-state index contributed by atoms with van der Waals surface area (Å²) in [5, 5.41) is 11.2. The molecule has 0 aliphatic rings. The normalized spacial score (nSPS) is 9.90. The van der Waals surface area contributed by atoms with Gasteiger partial charge in [-0.25, -0.2) is 0 Å². The number of esters is 1. The lowest BCUT2D eigenvalue weighted by molar-refractivity contribution is -0.141. The van der Waals surface area contributed by atoms with Crippen molar-refractivity contribution < 1.29 is 14.6 Å². The van der Waals surface area contributed by atoms with Crippen molar-refractivity contribution in [3.63, 3.8) is 0 Å². The van der Waals surface area contributed by atoms with E-state index in [1.165, 1.54) is 0 Å². The molecule has 0 saturated carbocycles. The third-order valence-electron chi connectivity index (χ3n) is 2.58. The predicted molar refractivity (Wildman–Crippen MR) is 76.5 cm³/mol. The molecular formula is C15H12ClNO3. The molecule has 20 heavy (non-hydrogen) atoms. The Balaban J connectivity index is 2.34. The molecule has 1 aromatic carbocycles. The molecular weight excluding hydrogens is 278 g/mol. The Morgan fingerprint density at radius 2 is 2.35 bits per heavy atom. The monoisotopic (exact) mass is 289 g/mol. The van der Waals surface area contributed by atoms with Crippen LogP contribution in [0.1, 0.15) is 18.9 Å². The van der Waals surface area contributed by atoms with E-state index in [2.05, 4.69) is 16.8 Å². The third kappa shape index (κ3) is 3.01. The molecule has 102 valence electrons. The van der Waals surface area contributed by atoms with Crippen LogP contribution in [-0.2, 0) is 9.53 Å². The largest absolute Gasteiger partial charge is 0.504 e. The summed E-state index contributed by atoms with van der Waals surface area (Å²) in [6.07, 6.45) is 1.53. The van der Waals surface area contributed by atoms with Gasteiger partial charge >= 0.3 is 5.97 Å². The Hall–Kier alpha value is -2.25. The van der Waals surface area contributed by atoms with Gasteiger partial charge in [0.05, 0.1) is 17.2 Å². The van der Waals surface area contributed by atoms with Crippen LogP contribution in [0.4, 0.5) is 0 Å². The van der Waals surface area contributed by atoms with Crippen LogP contribution in [0.25, 0.3) is 10.9 Å². The summed E-state index contributed by atoms with van der Waals surface area (Å²) in [4.78, 5) is 15.3. The minimum absolute atomic E-state index is 0.0366. The number of pyridine rings is 1. The van der Waals surface area contributed by atoms with E-state index in [-0.39, 0.29) is 12.2 Å². The van der Waals surface area contributed by atoms with Crippen molar-refractivity contribution in [2.75, 3.05) is 6.61 Å². The summed E-state index contributed by atoms with van der Waals surface area (Å²) in [6.45, 7) is 2.05. The lowest BCUT2D eigenvalue weighted by atomic mass is 10.1. The van der Waals surface area contributed by atoms with Crippen molar-refractivity contribution in [3.05, 3.63) is 35.0 Å². The van der Waals surface area contributed by atoms with E-state index in [1.54, 1.807) is 31.3 Å². The molecule has 2 rings (SSSR count). The average Bonchev–Trinajstić information content (AvgIpc) is 2.44. The van der Waals surface area contributed by atoms with Crippen LogP contribution < -0.4 is 0 Å². The number of aromatic hydroxyl groups is 1. The van der Waals surface area contributed by atoms with E-state index >= 15 is 0 Å². The number of phenolic OH excluding ortho intramolecular Hbond substituents is 1. The van der Waals surface area contributed by atoms with Gasteiger partial charge in [-0.15, -0.1) is 0 Å². The number of hydrogen-bond donors (Lipinski definition) is 1. The van der Waals surface area contributed by atoms with Crippen LogP contribution >= 0.6 is 11.6 Å². The maximum absolute atomic E-state index is 11.2. The molecule has 0 saturated heterocycles. The van der Waals surface area contributed by atoms with Gasteiger partial charge in [0.2, 0.25) is 0 Å². The first-order chi connectivity index (χ1) is 9.63. The lowest BCUT2D eigenvalue weighted by Crippen LogP contribution is -2.01. The van der Waals surface area contributed by atoms with Gasteiger partial charge in [-0.2, -0.15) is 0 Å². The van der Waals surface area contributed by atoms with Crippen LogP contribution in [0.3, 0.4) is 0 Å². The van der Waals surface area contributed by atoms with Crippen LogP contribution in [0.15, 0.2) is 24.4 Å². The maximum Gasteiger partial charge on any atom is 0.317 e. The Kier molecular flexibility index (Phi) is 4.44. The minimum atomic E-state index is -0.399. The van der Waals surface area contributed by atoms with Crippen molar-refractivity contribution in [2.24, 2.45) is 0 Å². The Bertz CT molecular complexity index is 716. The molecule has 0 fully saturated rings. The number of rotatable bonds is 2. The molecule has 2 aromatic rings. The van der Waals surface area contributed by atoms with E-state index in [0.717, 1.165) is 0 Å². The molecule has 0 amide bonds. The fourth-order valence-corrected chi connectivity index (χ4v) is 1.97. The second-order valence-corrected chi connectivity index (χ2v) is 4.34. The van der Waals surface area contributed by atoms with Crippen LogP contribution in [0.5, 0.6) is 5.75 Å². The van der Waals surface area contributed by atoms with E-state index in [9.17, 15) is 9.90 Å².